The predicted molar refractivity (Wildman–Crippen MR) is 162 cm³/mol. The van der Waals surface area contributed by atoms with Gasteiger partial charge in [0.1, 0.15) is 0 Å². The molecule has 2 N–H and O–H groups in total. The highest BCUT2D eigenvalue weighted by molar-refractivity contribution is 7.90. The first-order valence-corrected chi connectivity index (χ1v) is 15.9. The Bertz CT molecular complexity index is 1320. The van der Waals surface area contributed by atoms with E-state index < -0.39 is 21.9 Å². The molecular formula is C33H42N2O4S. The molecule has 0 heterocycles. The highest BCUT2D eigenvalue weighted by atomic mass is 32.2. The van der Waals surface area contributed by atoms with E-state index in [0.717, 1.165) is 43.2 Å². The van der Waals surface area contributed by atoms with E-state index in [2.05, 4.69) is 24.5 Å². The molecule has 0 bridgehead atoms. The van der Waals surface area contributed by atoms with E-state index in [4.69, 9.17) is 0 Å². The molecule has 0 aliphatic heterocycles. The van der Waals surface area contributed by atoms with E-state index in [1.165, 1.54) is 0 Å². The van der Waals surface area contributed by atoms with Crippen molar-refractivity contribution in [1.29, 1.82) is 0 Å². The van der Waals surface area contributed by atoms with Crippen LogP contribution < -0.4 is 10.6 Å². The molecule has 1 unspecified atom stereocenters. The first-order valence-electron chi connectivity index (χ1n) is 14.2. The number of ketones is 1. The number of unbranched alkanes of at least 4 members (excludes halogenated alkanes) is 1. The summed E-state index contributed by atoms with van der Waals surface area (Å²) in [5.41, 5.74) is 3.12. The van der Waals surface area contributed by atoms with Gasteiger partial charge in [-0.2, -0.15) is 0 Å². The topological polar surface area (TPSA) is 92.3 Å². The fourth-order valence-electron chi connectivity index (χ4n) is 4.72. The summed E-state index contributed by atoms with van der Waals surface area (Å²) in [7, 11) is -3.48. The van der Waals surface area contributed by atoms with Crippen LogP contribution in [0.2, 0.25) is 0 Å². The molecule has 0 fully saturated rings. The van der Waals surface area contributed by atoms with Gasteiger partial charge in [-0.1, -0.05) is 99.7 Å². The molecule has 0 aliphatic carbocycles. The minimum Gasteiger partial charge on any atom is -0.328 e. The summed E-state index contributed by atoms with van der Waals surface area (Å²) in [6, 6.07) is 22.1. The largest absolute Gasteiger partial charge is 0.328 e. The molecule has 2 atom stereocenters. The van der Waals surface area contributed by atoms with Crippen LogP contribution in [0.15, 0.2) is 83.8 Å². The van der Waals surface area contributed by atoms with Crippen LogP contribution in [0.1, 0.15) is 69.1 Å². The molecule has 40 heavy (non-hydrogen) atoms. The molecule has 3 aromatic carbocycles. The van der Waals surface area contributed by atoms with Crippen LogP contribution >= 0.6 is 0 Å². The molecule has 0 radical (unpaired) electrons. The number of hydrogen-bond acceptors (Lipinski definition) is 4. The first-order chi connectivity index (χ1) is 19.2. The Balaban J connectivity index is 1.62. The van der Waals surface area contributed by atoms with Gasteiger partial charge in [-0.25, -0.2) is 13.2 Å². The minimum atomic E-state index is -3.48. The third kappa shape index (κ3) is 9.94. The van der Waals surface area contributed by atoms with E-state index in [0.29, 0.717) is 30.0 Å². The van der Waals surface area contributed by atoms with Crippen molar-refractivity contribution in [2.24, 2.45) is 5.92 Å². The summed E-state index contributed by atoms with van der Waals surface area (Å²) in [4.78, 5) is 26.4. The molecule has 3 aromatic rings. The Morgan fingerprint density at radius 2 is 1.50 bits per heavy atom. The van der Waals surface area contributed by atoms with Gasteiger partial charge in [-0.05, 0) is 61.1 Å². The number of rotatable bonds is 15. The number of carbonyl (C=O) groups excluding carboxylic acids is 2. The van der Waals surface area contributed by atoms with Gasteiger partial charge in [0.25, 0.3) is 0 Å². The van der Waals surface area contributed by atoms with Gasteiger partial charge in [0.05, 0.1) is 16.7 Å². The lowest BCUT2D eigenvalue weighted by molar-refractivity contribution is -0.121. The van der Waals surface area contributed by atoms with E-state index in [9.17, 15) is 18.0 Å². The van der Waals surface area contributed by atoms with Gasteiger partial charge in [-0.3, -0.25) is 4.79 Å². The maximum Gasteiger partial charge on any atom is 0.319 e. The molecule has 2 amide bonds. The van der Waals surface area contributed by atoms with Gasteiger partial charge in [0, 0.05) is 12.1 Å². The quantitative estimate of drug-likeness (QED) is 0.204. The molecule has 0 spiro atoms. The summed E-state index contributed by atoms with van der Waals surface area (Å²) >= 11 is 0. The van der Waals surface area contributed by atoms with Crippen molar-refractivity contribution in [3.05, 3.63) is 95.6 Å². The number of aryl methyl sites for hydroxylation is 1. The summed E-state index contributed by atoms with van der Waals surface area (Å²) in [6.07, 6.45) is 6.17. The Morgan fingerprint density at radius 1 is 0.825 bits per heavy atom. The zero-order valence-electron chi connectivity index (χ0n) is 23.9. The molecule has 0 aliphatic rings. The first kappa shape index (κ1) is 31.1. The molecule has 0 saturated heterocycles. The van der Waals surface area contributed by atoms with Crippen LogP contribution in [0.3, 0.4) is 0 Å². The Kier molecular flexibility index (Phi) is 11.9. The summed E-state index contributed by atoms with van der Waals surface area (Å²) in [5.74, 6) is 0.418. The van der Waals surface area contributed by atoms with Crippen molar-refractivity contribution in [3.63, 3.8) is 0 Å². The van der Waals surface area contributed by atoms with Crippen molar-refractivity contribution in [2.75, 3.05) is 5.32 Å². The normalized spacial score (nSPS) is 12.9. The number of anilines is 1. The van der Waals surface area contributed by atoms with Crippen molar-refractivity contribution < 1.29 is 18.0 Å². The second-order valence-electron chi connectivity index (χ2n) is 10.5. The fraction of sp³-hybridized carbons (Fsp3) is 0.394. The lowest BCUT2D eigenvalue weighted by Gasteiger charge is -2.20. The maximum absolute atomic E-state index is 13.2. The Hall–Kier alpha value is -3.45. The molecule has 6 nitrogen and oxygen atoms in total. The average Bonchev–Trinajstić information content (AvgIpc) is 2.94. The third-order valence-corrected chi connectivity index (χ3v) is 8.97. The van der Waals surface area contributed by atoms with Crippen molar-refractivity contribution in [1.82, 2.24) is 5.32 Å². The van der Waals surface area contributed by atoms with Crippen LogP contribution in [0.4, 0.5) is 10.5 Å². The third-order valence-electron chi connectivity index (χ3n) is 7.27. The van der Waals surface area contributed by atoms with Gasteiger partial charge in [-0.15, -0.1) is 0 Å². The van der Waals surface area contributed by atoms with Gasteiger partial charge in [0.15, 0.2) is 15.6 Å². The van der Waals surface area contributed by atoms with Crippen LogP contribution in [0, 0.1) is 12.8 Å². The minimum absolute atomic E-state index is 0.0330. The molecule has 3 rings (SSSR count). The summed E-state index contributed by atoms with van der Waals surface area (Å²) in [5, 5.41) is 5.68. The molecule has 0 aromatic heterocycles. The second-order valence-corrected chi connectivity index (χ2v) is 12.5. The maximum atomic E-state index is 13.2. The highest BCUT2D eigenvalue weighted by Gasteiger charge is 2.22. The smallest absolute Gasteiger partial charge is 0.319 e. The van der Waals surface area contributed by atoms with Crippen molar-refractivity contribution >= 4 is 27.3 Å². The van der Waals surface area contributed by atoms with Crippen LogP contribution in [-0.4, -0.2) is 26.3 Å². The standard InChI is InChI=1S/C33H42N2O4S/c1-4-6-10-26(5-2)17-22-32(36)31(23-27-11-8-7-9-12-27)35-33(37)34-29-18-15-28(16-19-29)24-40(38,39)30-20-13-25(3)14-21-30/h7-9,11-16,18-21,26,31H,4-6,10,17,22-24H2,1-3H3,(H2,34,35,37)/t26?,31-/m1/s1. The van der Waals surface area contributed by atoms with Crippen LogP contribution in [0.25, 0.3) is 0 Å². The number of amides is 2. The SMILES string of the molecule is CCCCC(CC)CCC(=O)[C@@H](Cc1ccccc1)NC(=O)Nc1ccc(CS(=O)(=O)c2ccc(C)cc2)cc1. The second kappa shape index (κ2) is 15.4. The van der Waals surface area contributed by atoms with E-state index in [-0.39, 0.29) is 16.4 Å². The predicted octanol–water partition coefficient (Wildman–Crippen LogP) is 7.27. The van der Waals surface area contributed by atoms with Crippen LogP contribution in [0.5, 0.6) is 0 Å². The van der Waals surface area contributed by atoms with E-state index in [1.807, 2.05) is 37.3 Å². The number of benzene rings is 3. The van der Waals surface area contributed by atoms with E-state index in [1.54, 1.807) is 48.5 Å². The Labute approximate surface area is 239 Å². The Morgan fingerprint density at radius 3 is 2.12 bits per heavy atom. The van der Waals surface area contributed by atoms with E-state index >= 15 is 0 Å². The monoisotopic (exact) mass is 562 g/mol. The average molecular weight is 563 g/mol. The fourth-order valence-corrected chi connectivity index (χ4v) is 6.07. The zero-order valence-corrected chi connectivity index (χ0v) is 24.7. The van der Waals surface area contributed by atoms with Gasteiger partial charge >= 0.3 is 6.03 Å². The number of carbonyl (C=O) groups is 2. The van der Waals surface area contributed by atoms with Crippen LogP contribution in [-0.2, 0) is 26.8 Å². The molecular weight excluding hydrogens is 520 g/mol. The highest BCUT2D eigenvalue weighted by Crippen LogP contribution is 2.21. The van der Waals surface area contributed by atoms with Crippen molar-refractivity contribution in [3.8, 4) is 0 Å². The van der Waals surface area contributed by atoms with Gasteiger partial charge in [0.2, 0.25) is 0 Å². The number of urea groups is 1. The number of sulfone groups is 1. The molecule has 7 heteroatoms. The molecule has 214 valence electrons. The van der Waals surface area contributed by atoms with Gasteiger partial charge < -0.3 is 10.6 Å². The number of hydrogen-bond donors (Lipinski definition) is 2. The number of nitrogens with one attached hydrogen (secondary N) is 2. The zero-order chi connectivity index (χ0) is 29.0. The summed E-state index contributed by atoms with van der Waals surface area (Å²) < 4.78 is 25.5. The van der Waals surface area contributed by atoms with Crippen molar-refractivity contribution in [2.45, 2.75) is 82.4 Å². The lowest BCUT2D eigenvalue weighted by atomic mass is 9.91. The number of Topliss-reactive ketones (excluding diaryl/α,β-unsaturated/α-hetero) is 1. The lowest BCUT2D eigenvalue weighted by Crippen LogP contribution is -2.44. The molecule has 0 saturated carbocycles. The summed E-state index contributed by atoms with van der Waals surface area (Å²) in [6.45, 7) is 6.26.